The number of hydrogen-bond acceptors (Lipinski definition) is 5. The molecule has 3 aromatic rings. The molecule has 0 aliphatic carbocycles. The first-order valence-corrected chi connectivity index (χ1v) is 6.61. The quantitative estimate of drug-likeness (QED) is 0.723. The van der Waals surface area contributed by atoms with E-state index >= 15 is 0 Å². The van der Waals surface area contributed by atoms with Crippen LogP contribution in [0.5, 0.6) is 5.75 Å². The van der Waals surface area contributed by atoms with Crippen LogP contribution < -0.4 is 5.48 Å². The van der Waals surface area contributed by atoms with E-state index in [1.165, 1.54) is 7.11 Å². The number of aromatic nitrogens is 2. The van der Waals surface area contributed by atoms with Gasteiger partial charge in [-0.1, -0.05) is 23.7 Å². The van der Waals surface area contributed by atoms with Crippen LogP contribution in [-0.4, -0.2) is 22.2 Å². The number of benzene rings is 2. The van der Waals surface area contributed by atoms with Gasteiger partial charge < -0.3 is 5.11 Å². The molecule has 0 saturated heterocycles. The second-order valence-corrected chi connectivity index (χ2v) is 4.82. The molecule has 3 rings (SSSR count). The van der Waals surface area contributed by atoms with E-state index in [2.05, 4.69) is 15.4 Å². The third-order valence-electron chi connectivity index (χ3n) is 3.00. The zero-order chi connectivity index (χ0) is 14.8. The Balaban J connectivity index is 2.26. The van der Waals surface area contributed by atoms with Gasteiger partial charge in [0.1, 0.15) is 5.75 Å². The van der Waals surface area contributed by atoms with Gasteiger partial charge in [-0.05, 0) is 30.3 Å². The Morgan fingerprint density at radius 1 is 1.14 bits per heavy atom. The number of phenolic OH excluding ortho intramolecular Hbond substituents is 1. The normalized spacial score (nSPS) is 10.8. The van der Waals surface area contributed by atoms with Crippen molar-refractivity contribution in [2.45, 2.75) is 0 Å². The van der Waals surface area contributed by atoms with E-state index in [9.17, 15) is 5.11 Å². The summed E-state index contributed by atoms with van der Waals surface area (Å²) in [5.74, 6) is 1.01. The van der Waals surface area contributed by atoms with Gasteiger partial charge in [-0.15, -0.1) is 0 Å². The smallest absolute Gasteiger partial charge is 0.165 e. The highest BCUT2D eigenvalue weighted by molar-refractivity contribution is 6.31. The van der Waals surface area contributed by atoms with Crippen molar-refractivity contribution in [1.82, 2.24) is 9.97 Å². The molecule has 21 heavy (non-hydrogen) atoms. The summed E-state index contributed by atoms with van der Waals surface area (Å²) in [6.07, 6.45) is 0. The molecule has 0 bridgehead atoms. The molecule has 5 nitrogen and oxygen atoms in total. The predicted octanol–water partition coefficient (Wildman–Crippen LogP) is 3.63. The van der Waals surface area contributed by atoms with Gasteiger partial charge in [-0.25, -0.2) is 15.4 Å². The molecule has 2 aromatic carbocycles. The SMILES string of the molecule is CONc1nc(-c2ccccc2O)nc2ccc(Cl)cc12. The molecule has 106 valence electrons. The van der Waals surface area contributed by atoms with Crippen LogP contribution in [0.15, 0.2) is 42.5 Å². The minimum absolute atomic E-state index is 0.120. The van der Waals surface area contributed by atoms with Gasteiger partial charge in [0.2, 0.25) is 0 Å². The monoisotopic (exact) mass is 301 g/mol. The van der Waals surface area contributed by atoms with E-state index in [0.717, 1.165) is 5.39 Å². The molecule has 0 aliphatic rings. The summed E-state index contributed by atoms with van der Waals surface area (Å²) in [5.41, 5.74) is 3.97. The number of aromatic hydroxyl groups is 1. The molecule has 0 aliphatic heterocycles. The van der Waals surface area contributed by atoms with Crippen molar-refractivity contribution in [3.63, 3.8) is 0 Å². The van der Waals surface area contributed by atoms with Crippen LogP contribution in [0.1, 0.15) is 0 Å². The zero-order valence-electron chi connectivity index (χ0n) is 11.2. The van der Waals surface area contributed by atoms with Crippen LogP contribution in [0.4, 0.5) is 5.82 Å². The summed E-state index contributed by atoms with van der Waals surface area (Å²) in [6, 6.07) is 12.2. The van der Waals surface area contributed by atoms with Crippen LogP contribution in [0, 0.1) is 0 Å². The van der Waals surface area contributed by atoms with E-state index in [4.69, 9.17) is 16.4 Å². The van der Waals surface area contributed by atoms with Gasteiger partial charge in [0.15, 0.2) is 11.6 Å². The fourth-order valence-corrected chi connectivity index (χ4v) is 2.23. The third-order valence-corrected chi connectivity index (χ3v) is 3.24. The Labute approximate surface area is 126 Å². The maximum Gasteiger partial charge on any atom is 0.165 e. The number of hydrogen-bond donors (Lipinski definition) is 2. The molecule has 0 amide bonds. The van der Waals surface area contributed by atoms with Crippen LogP contribution in [0.2, 0.25) is 5.02 Å². The molecule has 1 heterocycles. The first-order valence-electron chi connectivity index (χ1n) is 6.23. The zero-order valence-corrected chi connectivity index (χ0v) is 11.9. The summed E-state index contributed by atoms with van der Waals surface area (Å²) in [6.45, 7) is 0. The lowest BCUT2D eigenvalue weighted by Crippen LogP contribution is -2.02. The van der Waals surface area contributed by atoms with Gasteiger partial charge in [0.25, 0.3) is 0 Å². The van der Waals surface area contributed by atoms with Crippen molar-refractivity contribution < 1.29 is 9.94 Å². The highest BCUT2D eigenvalue weighted by atomic mass is 35.5. The van der Waals surface area contributed by atoms with E-state index in [0.29, 0.717) is 27.7 Å². The number of nitrogens with zero attached hydrogens (tertiary/aromatic N) is 2. The summed E-state index contributed by atoms with van der Waals surface area (Å²) in [7, 11) is 1.50. The topological polar surface area (TPSA) is 67.3 Å². The lowest BCUT2D eigenvalue weighted by atomic mass is 10.1. The van der Waals surface area contributed by atoms with Crippen LogP contribution in [0.3, 0.4) is 0 Å². The molecule has 0 saturated carbocycles. The van der Waals surface area contributed by atoms with Crippen molar-refractivity contribution in [2.24, 2.45) is 0 Å². The Kier molecular flexibility index (Phi) is 3.60. The fraction of sp³-hybridized carbons (Fsp3) is 0.0667. The molecular formula is C15H12ClN3O2. The minimum atomic E-state index is 0.120. The average molecular weight is 302 g/mol. The van der Waals surface area contributed by atoms with E-state index < -0.39 is 0 Å². The molecule has 0 atom stereocenters. The maximum absolute atomic E-state index is 9.95. The largest absolute Gasteiger partial charge is 0.507 e. The average Bonchev–Trinajstić information content (AvgIpc) is 2.48. The number of nitrogens with one attached hydrogen (secondary N) is 1. The highest BCUT2D eigenvalue weighted by Crippen LogP contribution is 2.30. The van der Waals surface area contributed by atoms with Gasteiger partial charge in [0.05, 0.1) is 18.2 Å². The number of anilines is 1. The van der Waals surface area contributed by atoms with E-state index in [-0.39, 0.29) is 5.75 Å². The molecule has 0 spiro atoms. The van der Waals surface area contributed by atoms with Crippen LogP contribution in [-0.2, 0) is 4.84 Å². The van der Waals surface area contributed by atoms with Gasteiger partial charge in [-0.3, -0.25) is 4.84 Å². The number of phenols is 1. The lowest BCUT2D eigenvalue weighted by Gasteiger charge is -2.10. The Morgan fingerprint density at radius 3 is 2.71 bits per heavy atom. The van der Waals surface area contributed by atoms with E-state index in [1.54, 1.807) is 36.4 Å². The lowest BCUT2D eigenvalue weighted by molar-refractivity contribution is 0.270. The Morgan fingerprint density at radius 2 is 1.95 bits per heavy atom. The predicted molar refractivity (Wildman–Crippen MR) is 82.3 cm³/mol. The fourth-order valence-electron chi connectivity index (χ4n) is 2.06. The molecular weight excluding hydrogens is 290 g/mol. The van der Waals surface area contributed by atoms with Crippen molar-refractivity contribution in [3.05, 3.63) is 47.5 Å². The van der Waals surface area contributed by atoms with Crippen molar-refractivity contribution in [2.75, 3.05) is 12.6 Å². The Bertz CT molecular complexity index is 808. The molecule has 2 N–H and O–H groups in total. The first kappa shape index (κ1) is 13.6. The second kappa shape index (κ2) is 5.55. The van der Waals surface area contributed by atoms with Crippen molar-refractivity contribution >= 4 is 28.3 Å². The van der Waals surface area contributed by atoms with Crippen LogP contribution >= 0.6 is 11.6 Å². The summed E-state index contributed by atoms with van der Waals surface area (Å²) >= 11 is 6.01. The number of halogens is 1. The number of rotatable bonds is 3. The molecule has 1 aromatic heterocycles. The first-order chi connectivity index (χ1) is 10.2. The standard InChI is InChI=1S/C15H12ClN3O2/c1-21-19-15-11-8-9(16)6-7-12(11)17-14(18-15)10-4-2-3-5-13(10)20/h2-8,20H,1H3,(H,17,18,19). The van der Waals surface area contributed by atoms with Crippen molar-refractivity contribution in [3.8, 4) is 17.1 Å². The molecule has 0 radical (unpaired) electrons. The van der Waals surface area contributed by atoms with Gasteiger partial charge in [0, 0.05) is 10.4 Å². The second-order valence-electron chi connectivity index (χ2n) is 4.38. The summed E-state index contributed by atoms with van der Waals surface area (Å²) in [4.78, 5) is 13.8. The number of fused-ring (bicyclic) bond motifs is 1. The van der Waals surface area contributed by atoms with E-state index in [1.807, 2.05) is 6.07 Å². The maximum atomic E-state index is 9.95. The summed E-state index contributed by atoms with van der Waals surface area (Å²) < 4.78 is 0. The van der Waals surface area contributed by atoms with Crippen molar-refractivity contribution in [1.29, 1.82) is 0 Å². The molecule has 6 heteroatoms. The summed E-state index contributed by atoms with van der Waals surface area (Å²) in [5, 5.41) is 11.3. The minimum Gasteiger partial charge on any atom is -0.507 e. The third kappa shape index (κ3) is 2.61. The molecule has 0 fully saturated rings. The van der Waals surface area contributed by atoms with Gasteiger partial charge in [-0.2, -0.15) is 0 Å². The highest BCUT2D eigenvalue weighted by Gasteiger charge is 2.12. The molecule has 0 unspecified atom stereocenters. The van der Waals surface area contributed by atoms with Gasteiger partial charge >= 0.3 is 0 Å². The van der Waals surface area contributed by atoms with Crippen LogP contribution in [0.25, 0.3) is 22.3 Å². The Hall–Kier alpha value is -2.37. The number of para-hydroxylation sites is 1.